The van der Waals surface area contributed by atoms with Crippen LogP contribution in [0.25, 0.3) is 0 Å². The molecule has 4 amide bonds. The van der Waals surface area contributed by atoms with E-state index in [4.69, 9.17) is 16.6 Å². The smallest absolute Gasteiger partial charge is 0.326 e. The van der Waals surface area contributed by atoms with E-state index >= 15 is 0 Å². The minimum absolute atomic E-state index is 0.00679. The quantitative estimate of drug-likeness (QED) is 0.172. The molecule has 8 N–H and O–H groups in total. The molecule has 0 aromatic heterocycles. The van der Waals surface area contributed by atoms with Crippen LogP contribution in [0.4, 0.5) is 0 Å². The molecule has 12 heteroatoms. The van der Waals surface area contributed by atoms with Crippen molar-refractivity contribution in [2.45, 2.75) is 44.8 Å². The van der Waals surface area contributed by atoms with Gasteiger partial charge in [0.1, 0.15) is 12.1 Å². The Morgan fingerprint density at radius 2 is 1.63 bits per heavy atom. The lowest BCUT2D eigenvalue weighted by molar-refractivity contribution is -0.143. The Morgan fingerprint density at radius 3 is 2.07 bits per heavy atom. The number of amides is 4. The zero-order valence-corrected chi connectivity index (χ0v) is 16.1. The second kappa shape index (κ2) is 12.1. The summed E-state index contributed by atoms with van der Waals surface area (Å²) in [7, 11) is 0. The van der Waals surface area contributed by atoms with Crippen molar-refractivity contribution in [1.82, 2.24) is 16.0 Å². The highest BCUT2D eigenvalue weighted by Gasteiger charge is 2.28. The van der Waals surface area contributed by atoms with E-state index in [0.717, 1.165) is 0 Å². The third kappa shape index (κ3) is 10.4. The molecule has 27 heavy (non-hydrogen) atoms. The number of carboxylic acid groups (broad SMARTS) is 1. The second-order valence-corrected chi connectivity index (χ2v) is 6.69. The first-order chi connectivity index (χ1) is 12.5. The number of hydrogen-bond donors (Lipinski definition) is 7. The van der Waals surface area contributed by atoms with Crippen molar-refractivity contribution in [3.8, 4) is 0 Å². The predicted octanol–water partition coefficient (Wildman–Crippen LogP) is -2.66. The molecule has 0 saturated carbocycles. The van der Waals surface area contributed by atoms with Crippen LogP contribution in [0.3, 0.4) is 0 Å². The molecule has 11 nitrogen and oxygen atoms in total. The number of nitrogens with one attached hydrogen (secondary N) is 3. The molecule has 0 fully saturated rings. The van der Waals surface area contributed by atoms with E-state index < -0.39 is 60.7 Å². The fraction of sp³-hybridized carbons (Fsp3) is 0.667. The Bertz CT molecular complexity index is 571. The minimum atomic E-state index is -1.50. The van der Waals surface area contributed by atoms with Crippen LogP contribution in [0.5, 0.6) is 0 Å². The van der Waals surface area contributed by atoms with Crippen LogP contribution in [0, 0.1) is 5.92 Å². The molecule has 0 aliphatic rings. The molecule has 0 aromatic rings. The molecular weight excluding hydrogens is 378 g/mol. The summed E-state index contributed by atoms with van der Waals surface area (Å²) in [6, 6.07) is -3.43. The molecule has 0 heterocycles. The van der Waals surface area contributed by atoms with Gasteiger partial charge in [-0.1, -0.05) is 13.8 Å². The first-order valence-electron chi connectivity index (χ1n) is 8.22. The van der Waals surface area contributed by atoms with Gasteiger partial charge in [0, 0.05) is 5.75 Å². The molecule has 0 bridgehead atoms. The highest BCUT2D eigenvalue weighted by molar-refractivity contribution is 7.80. The Labute approximate surface area is 162 Å². The van der Waals surface area contributed by atoms with Crippen LogP contribution in [-0.2, 0) is 24.0 Å². The van der Waals surface area contributed by atoms with E-state index in [2.05, 4.69) is 28.6 Å². The van der Waals surface area contributed by atoms with Gasteiger partial charge in [0.2, 0.25) is 23.6 Å². The maximum absolute atomic E-state index is 12.3. The minimum Gasteiger partial charge on any atom is -0.480 e. The summed E-state index contributed by atoms with van der Waals surface area (Å²) in [5.74, 6) is -4.23. The molecule has 0 saturated heterocycles. The van der Waals surface area contributed by atoms with Crippen LogP contribution in [0.15, 0.2) is 0 Å². The van der Waals surface area contributed by atoms with E-state index in [1.807, 2.05) is 0 Å². The maximum Gasteiger partial charge on any atom is 0.326 e. The van der Waals surface area contributed by atoms with E-state index in [0.29, 0.717) is 0 Å². The van der Waals surface area contributed by atoms with Gasteiger partial charge >= 0.3 is 5.97 Å². The van der Waals surface area contributed by atoms with Gasteiger partial charge in [-0.25, -0.2) is 4.79 Å². The summed E-state index contributed by atoms with van der Waals surface area (Å²) in [5.41, 5.74) is 10.4. The molecular formula is C15H27N5O6S. The lowest BCUT2D eigenvalue weighted by Crippen LogP contribution is -2.54. The van der Waals surface area contributed by atoms with E-state index in [1.165, 1.54) is 0 Å². The van der Waals surface area contributed by atoms with Gasteiger partial charge in [-0.2, -0.15) is 12.6 Å². The molecule has 0 spiro atoms. The highest BCUT2D eigenvalue weighted by Crippen LogP contribution is 2.06. The van der Waals surface area contributed by atoms with Gasteiger partial charge in [0.05, 0.1) is 19.0 Å². The molecule has 0 aliphatic carbocycles. The SMILES string of the molecule is CC(C)CC(NC(=O)CNC(=O)C(N)CS)C(=O)NC(CC(N)=O)C(=O)O. The maximum atomic E-state index is 12.3. The average molecular weight is 405 g/mol. The van der Waals surface area contributed by atoms with Crippen molar-refractivity contribution in [2.24, 2.45) is 17.4 Å². The Hall–Kier alpha value is -2.34. The van der Waals surface area contributed by atoms with Crippen LogP contribution >= 0.6 is 12.6 Å². The zero-order chi connectivity index (χ0) is 21.1. The summed E-state index contributed by atoms with van der Waals surface area (Å²) in [5, 5.41) is 16.0. The van der Waals surface area contributed by atoms with Gasteiger partial charge < -0.3 is 32.5 Å². The lowest BCUT2D eigenvalue weighted by atomic mass is 10.0. The normalized spacial score (nSPS) is 14.0. The van der Waals surface area contributed by atoms with Crippen LogP contribution in [0.2, 0.25) is 0 Å². The van der Waals surface area contributed by atoms with Gasteiger partial charge in [0.15, 0.2) is 0 Å². The van der Waals surface area contributed by atoms with Crippen LogP contribution in [0.1, 0.15) is 26.7 Å². The van der Waals surface area contributed by atoms with Crippen molar-refractivity contribution in [3.05, 3.63) is 0 Å². The second-order valence-electron chi connectivity index (χ2n) is 6.33. The van der Waals surface area contributed by atoms with E-state index in [9.17, 15) is 24.0 Å². The fourth-order valence-corrected chi connectivity index (χ4v) is 2.17. The number of carbonyl (C=O) groups is 5. The van der Waals surface area contributed by atoms with Gasteiger partial charge in [-0.3, -0.25) is 19.2 Å². The average Bonchev–Trinajstić information content (AvgIpc) is 2.56. The molecule has 0 aliphatic heterocycles. The Balaban J connectivity index is 4.92. The number of thiol groups is 1. The van der Waals surface area contributed by atoms with Crippen molar-refractivity contribution < 1.29 is 29.1 Å². The summed E-state index contributed by atoms with van der Waals surface area (Å²) in [6.45, 7) is 3.20. The number of carbonyl (C=O) groups excluding carboxylic acids is 4. The molecule has 3 atom stereocenters. The molecule has 3 unspecified atom stereocenters. The fourth-order valence-electron chi connectivity index (χ4n) is 2.00. The van der Waals surface area contributed by atoms with Gasteiger partial charge in [-0.15, -0.1) is 0 Å². The third-order valence-electron chi connectivity index (χ3n) is 3.34. The number of hydrogen-bond acceptors (Lipinski definition) is 7. The zero-order valence-electron chi connectivity index (χ0n) is 15.2. The number of primary amides is 1. The third-order valence-corrected chi connectivity index (χ3v) is 3.73. The highest BCUT2D eigenvalue weighted by atomic mass is 32.1. The number of carboxylic acids is 1. The van der Waals surface area contributed by atoms with Crippen LogP contribution in [-0.4, -0.2) is 65.1 Å². The predicted molar refractivity (Wildman–Crippen MR) is 99.6 cm³/mol. The van der Waals surface area contributed by atoms with Crippen molar-refractivity contribution in [3.63, 3.8) is 0 Å². The van der Waals surface area contributed by atoms with Crippen molar-refractivity contribution in [2.75, 3.05) is 12.3 Å². The summed E-state index contributed by atoms with van der Waals surface area (Å²) >= 11 is 3.87. The Kier molecular flexibility index (Phi) is 11.1. The van der Waals surface area contributed by atoms with Crippen molar-refractivity contribution >= 4 is 42.2 Å². The lowest BCUT2D eigenvalue weighted by Gasteiger charge is -2.22. The molecule has 0 rings (SSSR count). The molecule has 154 valence electrons. The molecule has 0 aromatic carbocycles. The summed E-state index contributed by atoms with van der Waals surface area (Å²) in [4.78, 5) is 57.9. The van der Waals surface area contributed by atoms with E-state index in [1.54, 1.807) is 13.8 Å². The number of nitrogens with two attached hydrogens (primary N) is 2. The Morgan fingerprint density at radius 1 is 1.04 bits per heavy atom. The first kappa shape index (κ1) is 24.7. The van der Waals surface area contributed by atoms with Crippen LogP contribution < -0.4 is 27.4 Å². The standard InChI is InChI=1S/C15H27N5O6S/c1-7(2)3-9(14(24)20-10(15(25)26)4-11(17)21)19-12(22)5-18-13(23)8(16)6-27/h7-10,27H,3-6,16H2,1-2H3,(H2,17,21)(H,18,23)(H,19,22)(H,20,24)(H,25,26). The summed E-state index contributed by atoms with van der Waals surface area (Å²) < 4.78 is 0. The van der Waals surface area contributed by atoms with Gasteiger partial charge in [-0.05, 0) is 12.3 Å². The van der Waals surface area contributed by atoms with E-state index in [-0.39, 0.29) is 18.1 Å². The monoisotopic (exact) mass is 405 g/mol. The van der Waals surface area contributed by atoms with Crippen molar-refractivity contribution in [1.29, 1.82) is 0 Å². The van der Waals surface area contributed by atoms with Gasteiger partial charge in [0.25, 0.3) is 0 Å². The number of aliphatic carboxylic acids is 1. The summed E-state index contributed by atoms with van der Waals surface area (Å²) in [6.07, 6.45) is -0.369. The largest absolute Gasteiger partial charge is 0.480 e. The first-order valence-corrected chi connectivity index (χ1v) is 8.86. The number of rotatable bonds is 12. The molecule has 0 radical (unpaired) electrons. The topological polar surface area (TPSA) is 194 Å².